The average Bonchev–Trinajstić information content (AvgIpc) is 3.45. The first-order chi connectivity index (χ1) is 13.3. The molecule has 1 aliphatic carbocycles. The van der Waals surface area contributed by atoms with E-state index >= 15 is 0 Å². The number of likely N-dealkylation sites (tertiary alicyclic amines) is 1. The van der Waals surface area contributed by atoms with Crippen LogP contribution in [0.1, 0.15) is 36.0 Å². The van der Waals surface area contributed by atoms with Crippen LogP contribution in [0, 0.1) is 5.92 Å². The highest BCUT2D eigenvalue weighted by Crippen LogP contribution is 2.38. The third-order valence-electron chi connectivity index (χ3n) is 5.85. The molecule has 5 rings (SSSR count). The summed E-state index contributed by atoms with van der Waals surface area (Å²) in [6, 6.07) is 17.6. The maximum atomic E-state index is 12.9. The van der Waals surface area contributed by atoms with E-state index in [0.717, 1.165) is 36.1 Å². The van der Waals surface area contributed by atoms with Gasteiger partial charge in [0.1, 0.15) is 0 Å². The summed E-state index contributed by atoms with van der Waals surface area (Å²) in [6.45, 7) is 0.889. The first-order valence-corrected chi connectivity index (χ1v) is 9.60. The molecule has 5 heteroatoms. The van der Waals surface area contributed by atoms with E-state index < -0.39 is 0 Å². The fourth-order valence-electron chi connectivity index (χ4n) is 4.45. The van der Waals surface area contributed by atoms with Crippen LogP contribution in [0.4, 0.5) is 0 Å². The summed E-state index contributed by atoms with van der Waals surface area (Å²) in [5, 5.41) is 8.27. The normalized spacial score (nSPS) is 21.4. The van der Waals surface area contributed by atoms with E-state index in [4.69, 9.17) is 4.42 Å². The number of carbonyl (C=O) groups excluding carboxylic acids is 1. The molecule has 1 saturated carbocycles. The van der Waals surface area contributed by atoms with Gasteiger partial charge in [-0.1, -0.05) is 24.6 Å². The van der Waals surface area contributed by atoms with Crippen molar-refractivity contribution in [1.29, 1.82) is 0 Å². The first kappa shape index (κ1) is 16.2. The zero-order valence-corrected chi connectivity index (χ0v) is 15.0. The number of benzene rings is 2. The van der Waals surface area contributed by atoms with E-state index in [1.807, 2.05) is 54.6 Å². The van der Waals surface area contributed by atoms with Crippen molar-refractivity contribution in [2.45, 2.75) is 31.7 Å². The maximum absolute atomic E-state index is 12.9. The lowest BCUT2D eigenvalue weighted by Crippen LogP contribution is -2.35. The first-order valence-electron chi connectivity index (χ1n) is 9.60. The van der Waals surface area contributed by atoms with E-state index in [2.05, 4.69) is 15.1 Å². The van der Waals surface area contributed by atoms with Gasteiger partial charge in [-0.2, -0.15) is 0 Å². The molecule has 1 aliphatic heterocycles. The minimum Gasteiger partial charge on any atom is -0.416 e. The predicted molar refractivity (Wildman–Crippen MR) is 102 cm³/mol. The molecule has 0 radical (unpaired) electrons. The third kappa shape index (κ3) is 2.93. The fourth-order valence-corrected chi connectivity index (χ4v) is 4.45. The molecule has 0 bridgehead atoms. The molecule has 27 heavy (non-hydrogen) atoms. The van der Waals surface area contributed by atoms with Crippen LogP contribution < -0.4 is 0 Å². The van der Waals surface area contributed by atoms with Crippen LogP contribution in [0.3, 0.4) is 0 Å². The smallest absolute Gasteiger partial charge is 0.254 e. The number of rotatable bonds is 3. The van der Waals surface area contributed by atoms with E-state index in [0.29, 0.717) is 23.7 Å². The number of aromatic nitrogens is 2. The van der Waals surface area contributed by atoms with Gasteiger partial charge in [0.15, 0.2) is 0 Å². The summed E-state index contributed by atoms with van der Waals surface area (Å²) in [6.07, 6.45) is 4.82. The largest absolute Gasteiger partial charge is 0.416 e. The van der Waals surface area contributed by atoms with Crippen LogP contribution in [0.15, 0.2) is 59.0 Å². The highest BCUT2D eigenvalue weighted by Gasteiger charge is 2.39. The summed E-state index contributed by atoms with van der Waals surface area (Å²) in [7, 11) is 0. The number of carbonyl (C=O) groups is 1. The van der Waals surface area contributed by atoms with E-state index in [1.54, 1.807) is 0 Å². The van der Waals surface area contributed by atoms with Crippen molar-refractivity contribution in [1.82, 2.24) is 15.1 Å². The molecule has 2 unspecified atom stereocenters. The van der Waals surface area contributed by atoms with Crippen LogP contribution in [0.5, 0.6) is 0 Å². The quantitative estimate of drug-likeness (QED) is 0.695. The minimum atomic E-state index is 0.145. The van der Waals surface area contributed by atoms with Gasteiger partial charge < -0.3 is 9.32 Å². The number of nitrogens with zero attached hydrogens (tertiary/aromatic N) is 3. The Labute approximate surface area is 158 Å². The van der Waals surface area contributed by atoms with E-state index in [9.17, 15) is 4.79 Å². The SMILES string of the molecule is O=C(c1ccc(-c2nnc(-c3ccccc3)o2)cc1)N1CCC2CCCC21. The number of amides is 1. The van der Waals surface area contributed by atoms with E-state index in [-0.39, 0.29) is 5.91 Å². The molecule has 136 valence electrons. The summed E-state index contributed by atoms with van der Waals surface area (Å²) >= 11 is 0. The van der Waals surface area contributed by atoms with Gasteiger partial charge in [-0.15, -0.1) is 10.2 Å². The minimum absolute atomic E-state index is 0.145. The lowest BCUT2D eigenvalue weighted by molar-refractivity contribution is 0.0729. The van der Waals surface area contributed by atoms with Gasteiger partial charge in [0, 0.05) is 29.3 Å². The van der Waals surface area contributed by atoms with Gasteiger partial charge in [0.05, 0.1) is 0 Å². The fraction of sp³-hybridized carbons (Fsp3) is 0.318. The van der Waals surface area contributed by atoms with Crippen molar-refractivity contribution in [3.63, 3.8) is 0 Å². The van der Waals surface area contributed by atoms with Crippen LogP contribution in [-0.2, 0) is 0 Å². The lowest BCUT2D eigenvalue weighted by Gasteiger charge is -2.24. The Morgan fingerprint density at radius 2 is 1.59 bits per heavy atom. The molecule has 2 fully saturated rings. The molecule has 2 aliphatic rings. The maximum Gasteiger partial charge on any atom is 0.254 e. The van der Waals surface area contributed by atoms with Gasteiger partial charge >= 0.3 is 0 Å². The topological polar surface area (TPSA) is 59.2 Å². The van der Waals surface area contributed by atoms with Crippen LogP contribution >= 0.6 is 0 Å². The van der Waals surface area contributed by atoms with Crippen molar-refractivity contribution in [3.05, 3.63) is 60.2 Å². The summed E-state index contributed by atoms with van der Waals surface area (Å²) in [4.78, 5) is 15.0. The Hall–Kier alpha value is -2.95. The molecule has 1 amide bonds. The summed E-state index contributed by atoms with van der Waals surface area (Å²) in [5.74, 6) is 1.81. The second-order valence-corrected chi connectivity index (χ2v) is 7.40. The predicted octanol–water partition coefficient (Wildman–Crippen LogP) is 4.42. The van der Waals surface area contributed by atoms with Crippen LogP contribution in [-0.4, -0.2) is 33.6 Å². The standard InChI is InChI=1S/C22H21N3O2/c26-22(25-14-13-15-7-4-8-19(15)25)18-11-9-17(10-12-18)21-24-23-20(27-21)16-5-2-1-3-6-16/h1-3,5-6,9-12,15,19H,4,7-8,13-14H2. The van der Waals surface area contributed by atoms with Gasteiger partial charge in [-0.25, -0.2) is 0 Å². The second kappa shape index (κ2) is 6.65. The van der Waals surface area contributed by atoms with Crippen molar-refractivity contribution in [2.24, 2.45) is 5.92 Å². The molecule has 1 saturated heterocycles. The number of hydrogen-bond acceptors (Lipinski definition) is 4. The molecule has 5 nitrogen and oxygen atoms in total. The van der Waals surface area contributed by atoms with Gasteiger partial charge in [-0.05, 0) is 61.6 Å². The highest BCUT2D eigenvalue weighted by atomic mass is 16.4. The van der Waals surface area contributed by atoms with Gasteiger partial charge in [-0.3, -0.25) is 4.79 Å². The van der Waals surface area contributed by atoms with Crippen molar-refractivity contribution in [3.8, 4) is 22.9 Å². The molecule has 2 heterocycles. The monoisotopic (exact) mass is 359 g/mol. The molecular weight excluding hydrogens is 338 g/mol. The summed E-state index contributed by atoms with van der Waals surface area (Å²) < 4.78 is 5.80. The Balaban J connectivity index is 1.35. The zero-order chi connectivity index (χ0) is 18.2. The molecule has 2 aromatic carbocycles. The number of fused-ring (bicyclic) bond motifs is 1. The Kier molecular flexibility index (Phi) is 4.00. The third-order valence-corrected chi connectivity index (χ3v) is 5.85. The molecule has 2 atom stereocenters. The van der Waals surface area contributed by atoms with Crippen molar-refractivity contribution in [2.75, 3.05) is 6.54 Å². The Morgan fingerprint density at radius 3 is 2.33 bits per heavy atom. The molecule has 0 N–H and O–H groups in total. The molecular formula is C22H21N3O2. The van der Waals surface area contributed by atoms with Crippen molar-refractivity contribution >= 4 is 5.91 Å². The second-order valence-electron chi connectivity index (χ2n) is 7.40. The molecule has 0 spiro atoms. The van der Waals surface area contributed by atoms with E-state index in [1.165, 1.54) is 12.8 Å². The Bertz CT molecular complexity index is 949. The van der Waals surface area contributed by atoms with Crippen LogP contribution in [0.2, 0.25) is 0 Å². The summed E-state index contributed by atoms with van der Waals surface area (Å²) in [5.41, 5.74) is 2.44. The van der Waals surface area contributed by atoms with Crippen molar-refractivity contribution < 1.29 is 9.21 Å². The Morgan fingerprint density at radius 1 is 0.889 bits per heavy atom. The zero-order valence-electron chi connectivity index (χ0n) is 15.0. The lowest BCUT2D eigenvalue weighted by atomic mass is 10.0. The van der Waals surface area contributed by atoms with Gasteiger partial charge in [0.25, 0.3) is 5.91 Å². The van der Waals surface area contributed by atoms with Gasteiger partial charge in [0.2, 0.25) is 11.8 Å². The van der Waals surface area contributed by atoms with Crippen LogP contribution in [0.25, 0.3) is 22.9 Å². The number of hydrogen-bond donors (Lipinski definition) is 0. The molecule has 3 aromatic rings. The highest BCUT2D eigenvalue weighted by molar-refractivity contribution is 5.95. The molecule has 1 aromatic heterocycles. The average molecular weight is 359 g/mol.